The highest BCUT2D eigenvalue weighted by atomic mass is 79.9. The Balaban J connectivity index is 1.84. The summed E-state index contributed by atoms with van der Waals surface area (Å²) >= 11 is 3.63. The summed E-state index contributed by atoms with van der Waals surface area (Å²) < 4.78 is 22.0. The average molecular weight is 705 g/mol. The zero-order chi connectivity index (χ0) is 32.8. The van der Waals surface area contributed by atoms with Crippen molar-refractivity contribution in [3.05, 3.63) is 81.8 Å². The number of nitrogens with zero attached hydrogens (tertiary/aromatic N) is 1. The van der Waals surface area contributed by atoms with Crippen LogP contribution in [0.4, 0.5) is 15.3 Å². The molecule has 1 aromatic heterocycles. The first-order chi connectivity index (χ1) is 21.5. The lowest BCUT2D eigenvalue weighted by Gasteiger charge is -2.22. The van der Waals surface area contributed by atoms with Crippen LogP contribution in [0, 0.1) is 0 Å². The molecule has 3 rings (SSSR count). The molecule has 0 spiro atoms. The molecule has 14 heteroatoms. The zero-order valence-corrected chi connectivity index (χ0v) is 28.9. The Morgan fingerprint density at radius 3 is 2.44 bits per heavy atom. The minimum absolute atomic E-state index is 0.112. The van der Waals surface area contributed by atoms with Crippen LogP contribution in [-0.2, 0) is 30.3 Å². The van der Waals surface area contributed by atoms with E-state index in [0.717, 1.165) is 17.2 Å². The zero-order valence-electron chi connectivity index (χ0n) is 26.3. The standard InChI is InChI=1S/C31H42BrN5O7Si/c1-41-27(38)13-14-33-18-26(37-31(40)44-20-21-9-7-6-8-10-21)29-34-19-25(36-29)28(43-15-16-45(3,4)5)23-12-11-22(17-24(23)32)35-30(39)42-2/h6-12,17,19,26,28,33H,13-16,18,20H2,1-5H3,(H,34,36)(H,35,39)(H,37,40)/t26-,28?/m0/s1. The molecule has 4 N–H and O–H groups in total. The highest BCUT2D eigenvalue weighted by Gasteiger charge is 2.26. The van der Waals surface area contributed by atoms with Crippen LogP contribution in [0.2, 0.25) is 25.7 Å². The summed E-state index contributed by atoms with van der Waals surface area (Å²) in [5.74, 6) is 0.136. The number of ether oxygens (including phenoxy) is 4. The molecule has 12 nitrogen and oxygen atoms in total. The third kappa shape index (κ3) is 12.3. The van der Waals surface area contributed by atoms with Crippen LogP contribution in [0.1, 0.15) is 41.2 Å². The quantitative estimate of drug-likeness (QED) is 0.0617. The summed E-state index contributed by atoms with van der Waals surface area (Å²) in [6.07, 6.45) is 0.185. The third-order valence-electron chi connectivity index (χ3n) is 6.65. The van der Waals surface area contributed by atoms with E-state index in [2.05, 4.69) is 56.5 Å². The van der Waals surface area contributed by atoms with Gasteiger partial charge in [0.25, 0.3) is 0 Å². The second-order valence-corrected chi connectivity index (χ2v) is 17.9. The number of methoxy groups -OCH3 is 2. The Hall–Kier alpha value is -3.72. The van der Waals surface area contributed by atoms with Crippen LogP contribution in [-0.4, -0.2) is 70.1 Å². The molecule has 0 bridgehead atoms. The Bertz CT molecular complexity index is 1400. The van der Waals surface area contributed by atoms with Crippen LogP contribution in [0.25, 0.3) is 0 Å². The molecule has 0 aliphatic rings. The molecule has 2 aromatic carbocycles. The predicted octanol–water partition coefficient (Wildman–Crippen LogP) is 5.91. The van der Waals surface area contributed by atoms with Crippen molar-refractivity contribution >= 4 is 47.8 Å². The fraction of sp³-hybridized carbons (Fsp3) is 0.419. The van der Waals surface area contributed by atoms with Crippen LogP contribution < -0.4 is 16.0 Å². The number of nitrogens with one attached hydrogen (secondary N) is 4. The van der Waals surface area contributed by atoms with Crippen molar-refractivity contribution in [2.75, 3.05) is 39.2 Å². The number of hydrogen-bond donors (Lipinski definition) is 4. The number of benzene rings is 2. The highest BCUT2D eigenvalue weighted by molar-refractivity contribution is 9.10. The molecule has 0 aliphatic carbocycles. The summed E-state index contributed by atoms with van der Waals surface area (Å²) in [6, 6.07) is 15.1. The number of H-pyrrole nitrogens is 1. The molecule has 2 atom stereocenters. The van der Waals surface area contributed by atoms with Crippen molar-refractivity contribution in [3.63, 3.8) is 0 Å². The van der Waals surface area contributed by atoms with Crippen molar-refractivity contribution in [3.8, 4) is 0 Å². The van der Waals surface area contributed by atoms with E-state index in [0.29, 0.717) is 34.8 Å². The SMILES string of the molecule is COC(=O)CCNC[C@H](NC(=O)OCc1ccccc1)c1nc(C(OCC[Si](C)(C)C)c2ccc(NC(=O)OC)cc2Br)c[nH]1. The minimum Gasteiger partial charge on any atom is -0.469 e. The van der Waals surface area contributed by atoms with Crippen LogP contribution in [0.3, 0.4) is 0 Å². The lowest BCUT2D eigenvalue weighted by atomic mass is 10.1. The number of rotatable bonds is 16. The number of imidazole rings is 1. The minimum atomic E-state index is -1.39. The van der Waals surface area contributed by atoms with Crippen molar-refractivity contribution in [1.29, 1.82) is 0 Å². The highest BCUT2D eigenvalue weighted by Crippen LogP contribution is 2.34. The second kappa shape index (κ2) is 17.7. The van der Waals surface area contributed by atoms with Gasteiger partial charge in [-0.3, -0.25) is 10.1 Å². The van der Waals surface area contributed by atoms with Gasteiger partial charge in [0, 0.05) is 49.7 Å². The fourth-order valence-electron chi connectivity index (χ4n) is 4.13. The largest absolute Gasteiger partial charge is 0.469 e. The molecule has 244 valence electrons. The molecule has 45 heavy (non-hydrogen) atoms. The van der Waals surface area contributed by atoms with Gasteiger partial charge in [-0.15, -0.1) is 0 Å². The number of halogens is 1. The Morgan fingerprint density at radius 1 is 1.02 bits per heavy atom. The number of esters is 1. The van der Waals surface area contributed by atoms with E-state index in [1.54, 1.807) is 18.3 Å². The second-order valence-electron chi connectivity index (χ2n) is 11.4. The summed E-state index contributed by atoms with van der Waals surface area (Å²) in [5, 5.41) is 8.71. The van der Waals surface area contributed by atoms with E-state index in [4.69, 9.17) is 23.9 Å². The van der Waals surface area contributed by atoms with Crippen LogP contribution >= 0.6 is 15.9 Å². The van der Waals surface area contributed by atoms with E-state index in [-0.39, 0.29) is 25.5 Å². The topological polar surface area (TPSA) is 153 Å². The van der Waals surface area contributed by atoms with Gasteiger partial charge in [0.05, 0.1) is 26.3 Å². The Labute approximate surface area is 273 Å². The Morgan fingerprint density at radius 2 is 1.78 bits per heavy atom. The average Bonchev–Trinajstić information content (AvgIpc) is 3.50. The van der Waals surface area contributed by atoms with Crippen LogP contribution in [0.5, 0.6) is 0 Å². The maximum absolute atomic E-state index is 12.8. The molecule has 0 radical (unpaired) electrons. The van der Waals surface area contributed by atoms with Gasteiger partial charge in [-0.05, 0) is 23.7 Å². The summed E-state index contributed by atoms with van der Waals surface area (Å²) in [5.41, 5.74) is 2.82. The van der Waals surface area contributed by atoms with E-state index in [1.165, 1.54) is 14.2 Å². The smallest absolute Gasteiger partial charge is 0.411 e. The molecular formula is C31H42BrN5O7Si. The number of anilines is 1. The predicted molar refractivity (Wildman–Crippen MR) is 177 cm³/mol. The maximum Gasteiger partial charge on any atom is 0.411 e. The third-order valence-corrected chi connectivity index (χ3v) is 9.05. The molecule has 0 saturated carbocycles. The number of alkyl carbamates (subject to hydrolysis) is 1. The first-order valence-electron chi connectivity index (χ1n) is 14.5. The normalized spacial score (nSPS) is 12.6. The number of aromatic amines is 1. The number of carbonyl (C=O) groups excluding carboxylic acids is 3. The molecule has 0 saturated heterocycles. The molecule has 1 unspecified atom stereocenters. The van der Waals surface area contributed by atoms with E-state index in [1.807, 2.05) is 36.4 Å². The lowest BCUT2D eigenvalue weighted by molar-refractivity contribution is -0.140. The van der Waals surface area contributed by atoms with Gasteiger partial charge >= 0.3 is 18.2 Å². The summed E-state index contributed by atoms with van der Waals surface area (Å²) in [7, 11) is 1.25. The molecular weight excluding hydrogens is 662 g/mol. The van der Waals surface area contributed by atoms with Crippen molar-refractivity contribution in [1.82, 2.24) is 20.6 Å². The molecule has 0 fully saturated rings. The van der Waals surface area contributed by atoms with Gasteiger partial charge in [0.1, 0.15) is 24.6 Å². The Kier molecular flexibility index (Phi) is 14.0. The first-order valence-corrected chi connectivity index (χ1v) is 19.0. The van der Waals surface area contributed by atoms with Crippen LogP contribution in [0.15, 0.2) is 59.2 Å². The maximum atomic E-state index is 12.8. The first kappa shape index (κ1) is 35.8. The van der Waals surface area contributed by atoms with Gasteiger partial charge in [-0.25, -0.2) is 14.6 Å². The van der Waals surface area contributed by atoms with Crippen molar-refractivity contribution < 1.29 is 33.3 Å². The molecule has 0 aliphatic heterocycles. The van der Waals surface area contributed by atoms with E-state index in [9.17, 15) is 14.4 Å². The van der Waals surface area contributed by atoms with Crippen molar-refractivity contribution in [2.24, 2.45) is 0 Å². The lowest BCUT2D eigenvalue weighted by Crippen LogP contribution is -2.37. The monoisotopic (exact) mass is 703 g/mol. The van der Waals surface area contributed by atoms with Gasteiger partial charge < -0.3 is 34.6 Å². The van der Waals surface area contributed by atoms with Gasteiger partial charge in [-0.2, -0.15) is 0 Å². The summed E-state index contributed by atoms with van der Waals surface area (Å²) in [6.45, 7) is 8.09. The number of hydrogen-bond acceptors (Lipinski definition) is 9. The van der Waals surface area contributed by atoms with Gasteiger partial charge in [0.15, 0.2) is 0 Å². The number of amides is 2. The summed E-state index contributed by atoms with van der Waals surface area (Å²) in [4.78, 5) is 44.2. The van der Waals surface area contributed by atoms with E-state index < -0.39 is 32.4 Å². The molecule has 2 amide bonds. The fourth-order valence-corrected chi connectivity index (χ4v) is 5.45. The number of carbonyl (C=O) groups is 3. The molecule has 1 heterocycles. The number of aromatic nitrogens is 2. The van der Waals surface area contributed by atoms with Crippen molar-refractivity contribution in [2.45, 2.75) is 50.9 Å². The van der Waals surface area contributed by atoms with E-state index >= 15 is 0 Å². The molecule has 3 aromatic rings. The van der Waals surface area contributed by atoms with Gasteiger partial charge in [-0.1, -0.05) is 72.0 Å². The van der Waals surface area contributed by atoms with Gasteiger partial charge in [0.2, 0.25) is 0 Å².